The van der Waals surface area contributed by atoms with Crippen LogP contribution in [0.25, 0.3) is 22.0 Å². The summed E-state index contributed by atoms with van der Waals surface area (Å²) in [6.45, 7) is 3.26. The molecule has 1 aliphatic carbocycles. The van der Waals surface area contributed by atoms with E-state index in [4.69, 9.17) is 18.9 Å². The summed E-state index contributed by atoms with van der Waals surface area (Å²) in [5.41, 5.74) is 7.76. The van der Waals surface area contributed by atoms with E-state index in [2.05, 4.69) is 59.3 Å². The van der Waals surface area contributed by atoms with Crippen molar-refractivity contribution in [2.75, 3.05) is 33.5 Å². The first-order valence-electron chi connectivity index (χ1n) is 13.5. The maximum absolute atomic E-state index is 6.31. The Morgan fingerprint density at radius 3 is 2.81 bits per heavy atom. The maximum Gasteiger partial charge on any atom is 0.123 e. The van der Waals surface area contributed by atoms with Crippen LogP contribution in [0.5, 0.6) is 17.2 Å². The maximum atomic E-state index is 6.31. The Hall–Kier alpha value is -3.44. The van der Waals surface area contributed by atoms with Gasteiger partial charge in [0.1, 0.15) is 23.9 Å². The molecule has 4 aromatic rings. The smallest absolute Gasteiger partial charge is 0.123 e. The van der Waals surface area contributed by atoms with Gasteiger partial charge in [0, 0.05) is 29.8 Å². The summed E-state index contributed by atoms with van der Waals surface area (Å²) in [5.74, 6) is 2.68. The van der Waals surface area contributed by atoms with Crippen LogP contribution < -0.4 is 14.2 Å². The number of aromatic nitrogens is 1. The lowest BCUT2D eigenvalue weighted by atomic mass is 9.91. The first-order valence-corrected chi connectivity index (χ1v) is 13.5. The summed E-state index contributed by atoms with van der Waals surface area (Å²) in [4.78, 5) is 0. The van der Waals surface area contributed by atoms with Crippen LogP contribution in [0.1, 0.15) is 36.0 Å². The molecule has 0 saturated heterocycles. The van der Waals surface area contributed by atoms with Crippen molar-refractivity contribution in [3.8, 4) is 28.4 Å². The van der Waals surface area contributed by atoms with Gasteiger partial charge < -0.3 is 23.5 Å². The van der Waals surface area contributed by atoms with Crippen LogP contribution in [0.15, 0.2) is 60.8 Å². The highest BCUT2D eigenvalue weighted by molar-refractivity contribution is 5.97. The van der Waals surface area contributed by atoms with Gasteiger partial charge in [0.15, 0.2) is 0 Å². The zero-order valence-electron chi connectivity index (χ0n) is 21.6. The van der Waals surface area contributed by atoms with E-state index in [1.165, 1.54) is 52.4 Å². The molecule has 192 valence electrons. The van der Waals surface area contributed by atoms with E-state index in [9.17, 15) is 0 Å². The Labute approximate surface area is 218 Å². The van der Waals surface area contributed by atoms with E-state index in [0.717, 1.165) is 55.2 Å². The van der Waals surface area contributed by atoms with Gasteiger partial charge >= 0.3 is 0 Å². The Bertz CT molecular complexity index is 1390. The van der Waals surface area contributed by atoms with Crippen LogP contribution in [0, 0.1) is 0 Å². The van der Waals surface area contributed by atoms with Crippen LogP contribution in [-0.4, -0.2) is 38.1 Å². The van der Waals surface area contributed by atoms with Gasteiger partial charge in [0.2, 0.25) is 0 Å². The molecule has 1 aliphatic heterocycles. The van der Waals surface area contributed by atoms with Gasteiger partial charge in [-0.3, -0.25) is 0 Å². The summed E-state index contributed by atoms with van der Waals surface area (Å²) >= 11 is 0. The molecule has 6 rings (SSSR count). The second-order valence-electron chi connectivity index (χ2n) is 9.96. The number of hydrogen-bond donors (Lipinski definition) is 0. The highest BCUT2D eigenvalue weighted by Gasteiger charge is 2.17. The van der Waals surface area contributed by atoms with Gasteiger partial charge in [-0.15, -0.1) is 0 Å². The fourth-order valence-corrected chi connectivity index (χ4v) is 5.78. The third-order valence-corrected chi connectivity index (χ3v) is 7.58. The van der Waals surface area contributed by atoms with Crippen molar-refractivity contribution < 1.29 is 18.9 Å². The summed E-state index contributed by atoms with van der Waals surface area (Å²) in [5, 5.41) is 1.29. The molecule has 5 heteroatoms. The second kappa shape index (κ2) is 10.9. The number of aryl methyl sites for hydroxylation is 2. The van der Waals surface area contributed by atoms with Crippen LogP contribution in [0.4, 0.5) is 0 Å². The van der Waals surface area contributed by atoms with Crippen molar-refractivity contribution in [2.24, 2.45) is 0 Å². The fraction of sp³-hybridized carbons (Fsp3) is 0.375. The molecule has 3 aromatic carbocycles. The van der Waals surface area contributed by atoms with Gasteiger partial charge in [0.25, 0.3) is 0 Å². The molecule has 0 N–H and O–H groups in total. The van der Waals surface area contributed by atoms with Crippen molar-refractivity contribution in [1.29, 1.82) is 0 Å². The molecular weight excluding hydrogens is 462 g/mol. The lowest BCUT2D eigenvalue weighted by molar-refractivity contribution is 0.0948. The van der Waals surface area contributed by atoms with Gasteiger partial charge in [-0.1, -0.05) is 30.3 Å². The topological polar surface area (TPSA) is 41.9 Å². The van der Waals surface area contributed by atoms with E-state index < -0.39 is 0 Å². The van der Waals surface area contributed by atoms with E-state index >= 15 is 0 Å². The zero-order valence-corrected chi connectivity index (χ0v) is 21.6. The quantitative estimate of drug-likeness (QED) is 0.281. The molecule has 0 radical (unpaired) electrons. The number of nitrogens with zero attached hydrogens (tertiary/aromatic N) is 1. The Balaban J connectivity index is 1.27. The van der Waals surface area contributed by atoms with E-state index in [1.807, 2.05) is 6.07 Å². The summed E-state index contributed by atoms with van der Waals surface area (Å²) in [6, 6.07) is 19.3. The van der Waals surface area contributed by atoms with E-state index in [1.54, 1.807) is 7.11 Å². The summed E-state index contributed by atoms with van der Waals surface area (Å²) in [6.07, 6.45) is 9.12. The van der Waals surface area contributed by atoms with Crippen LogP contribution >= 0.6 is 0 Å². The molecule has 5 nitrogen and oxygen atoms in total. The van der Waals surface area contributed by atoms with Crippen LogP contribution in [-0.2, 0) is 30.5 Å². The minimum absolute atomic E-state index is 0.519. The highest BCUT2D eigenvalue weighted by Crippen LogP contribution is 2.37. The van der Waals surface area contributed by atoms with Gasteiger partial charge in [0.05, 0.1) is 32.4 Å². The number of ether oxygens (including phenoxy) is 4. The monoisotopic (exact) mass is 497 g/mol. The van der Waals surface area contributed by atoms with Crippen molar-refractivity contribution in [2.45, 2.75) is 45.1 Å². The molecule has 0 unspecified atom stereocenters. The molecule has 0 saturated carbocycles. The zero-order chi connectivity index (χ0) is 25.0. The lowest BCUT2D eigenvalue weighted by Gasteiger charge is -2.19. The normalized spacial score (nSPS) is 15.3. The minimum Gasteiger partial charge on any atom is -0.497 e. The standard InChI is InChI=1S/C32H35NO4/c1-34-26-19-25-20-27(21-26)36-18-17-35-16-14-33-22-24(29-11-5-12-30(25)32(29)33)9-6-15-37-31-13-4-8-23-7-2-3-10-28(23)31/h4-5,8,11-13,19-22H,2-3,6-7,9-10,14-18H2,1H3. The molecular formula is C32H35NO4. The Kier molecular flexibility index (Phi) is 7.05. The number of para-hydroxylation sites is 1. The minimum atomic E-state index is 0.519. The van der Waals surface area contributed by atoms with Gasteiger partial charge in [-0.2, -0.15) is 0 Å². The Morgan fingerprint density at radius 1 is 0.946 bits per heavy atom. The summed E-state index contributed by atoms with van der Waals surface area (Å²) < 4.78 is 26.1. The van der Waals surface area contributed by atoms with E-state index in [0.29, 0.717) is 19.8 Å². The van der Waals surface area contributed by atoms with Crippen molar-refractivity contribution in [3.05, 3.63) is 77.5 Å². The third kappa shape index (κ3) is 5.05. The highest BCUT2D eigenvalue weighted by atomic mass is 16.5. The van der Waals surface area contributed by atoms with Crippen molar-refractivity contribution in [1.82, 2.24) is 4.57 Å². The number of methoxy groups -OCH3 is 1. The first kappa shape index (κ1) is 23.9. The molecule has 0 amide bonds. The molecule has 0 atom stereocenters. The number of rotatable bonds is 6. The van der Waals surface area contributed by atoms with Gasteiger partial charge in [-0.25, -0.2) is 0 Å². The summed E-state index contributed by atoms with van der Waals surface area (Å²) in [7, 11) is 1.70. The predicted octanol–water partition coefficient (Wildman–Crippen LogP) is 6.62. The molecule has 1 aromatic heterocycles. The van der Waals surface area contributed by atoms with E-state index in [-0.39, 0.29) is 0 Å². The molecule has 0 spiro atoms. The molecule has 2 aliphatic rings. The molecule has 0 fully saturated rings. The molecule has 2 heterocycles. The Morgan fingerprint density at radius 2 is 1.86 bits per heavy atom. The SMILES string of the molecule is COc1cc2cc(c1)-c1cccc3c(CCCOc4cccc5c4CCCC5)cn(c13)CCOCCO2. The number of benzene rings is 3. The second-order valence-corrected chi connectivity index (χ2v) is 9.96. The average molecular weight is 498 g/mol. The van der Waals surface area contributed by atoms with Crippen LogP contribution in [0.2, 0.25) is 0 Å². The predicted molar refractivity (Wildman–Crippen MR) is 147 cm³/mol. The molecule has 37 heavy (non-hydrogen) atoms. The van der Waals surface area contributed by atoms with Crippen molar-refractivity contribution >= 4 is 10.9 Å². The average Bonchev–Trinajstić information content (AvgIpc) is 3.30. The largest absolute Gasteiger partial charge is 0.497 e. The number of fused-ring (bicyclic) bond motifs is 4. The van der Waals surface area contributed by atoms with Crippen LogP contribution in [0.3, 0.4) is 0 Å². The van der Waals surface area contributed by atoms with Crippen molar-refractivity contribution in [3.63, 3.8) is 0 Å². The fourth-order valence-electron chi connectivity index (χ4n) is 5.78. The first-order chi connectivity index (χ1) is 18.3. The van der Waals surface area contributed by atoms with Gasteiger partial charge in [-0.05, 0) is 79.0 Å². The lowest BCUT2D eigenvalue weighted by Crippen LogP contribution is -2.12. The third-order valence-electron chi connectivity index (χ3n) is 7.58. The number of hydrogen-bond acceptors (Lipinski definition) is 4. The molecule has 2 bridgehead atoms.